The molecule has 0 aromatic heterocycles. The molecule has 0 bridgehead atoms. The van der Waals surface area contributed by atoms with Crippen LogP contribution in [-0.2, 0) is 12.8 Å². The van der Waals surface area contributed by atoms with Gasteiger partial charge in [-0.15, -0.1) is 0 Å². The summed E-state index contributed by atoms with van der Waals surface area (Å²) in [6, 6.07) is 44.2. The molecule has 264 valence electrons. The van der Waals surface area contributed by atoms with Crippen LogP contribution < -0.4 is 0 Å². The molecule has 0 amide bonds. The fourth-order valence-electron chi connectivity index (χ4n) is 7.30. The van der Waals surface area contributed by atoms with E-state index in [4.69, 9.17) is 4.99 Å². The third-order valence-corrected chi connectivity index (χ3v) is 10.2. The second-order valence-electron chi connectivity index (χ2n) is 14.1. The van der Waals surface area contributed by atoms with Crippen LogP contribution in [0.5, 0.6) is 0 Å². The molecule has 0 N–H and O–H groups in total. The summed E-state index contributed by atoms with van der Waals surface area (Å²) in [6.07, 6.45) is 18.5. The summed E-state index contributed by atoms with van der Waals surface area (Å²) in [5.74, 6) is 0. The molecular weight excluding hydrogens is 615 g/mol. The molecule has 5 aromatic carbocycles. The number of hydrogen-bond donors (Lipinski definition) is 0. The molecule has 0 aliphatic rings. The Bertz CT molecular complexity index is 1830. The maximum Gasteiger partial charge on any atom is 0.0642 e. The van der Waals surface area contributed by atoms with Gasteiger partial charge < -0.3 is 0 Å². The number of nitrogens with zero attached hydrogens (tertiary/aromatic N) is 1. The lowest BCUT2D eigenvalue weighted by atomic mass is 9.88. The molecule has 0 saturated carbocycles. The highest BCUT2D eigenvalue weighted by molar-refractivity contribution is 6.03. The largest absolute Gasteiger partial charge is 0.253 e. The lowest BCUT2D eigenvalue weighted by Gasteiger charge is -2.18. The Kier molecular flexibility index (Phi) is 15.1. The van der Waals surface area contributed by atoms with Gasteiger partial charge in [-0.3, -0.25) is 4.99 Å². The Morgan fingerprint density at radius 2 is 1.04 bits per heavy atom. The molecular formula is C50H59N. The summed E-state index contributed by atoms with van der Waals surface area (Å²) in [6.45, 7) is 9.04. The minimum absolute atomic E-state index is 0.919. The summed E-state index contributed by atoms with van der Waals surface area (Å²) >= 11 is 0. The fourth-order valence-corrected chi connectivity index (χ4v) is 7.30. The molecule has 0 heterocycles. The fraction of sp³-hybridized carbons (Fsp3) is 0.340. The second kappa shape index (κ2) is 20.4. The van der Waals surface area contributed by atoms with Gasteiger partial charge in [-0.2, -0.15) is 0 Å². The second-order valence-corrected chi connectivity index (χ2v) is 14.1. The Labute approximate surface area is 309 Å². The van der Waals surface area contributed by atoms with E-state index in [1.54, 1.807) is 5.56 Å². The first-order valence-electron chi connectivity index (χ1n) is 19.8. The van der Waals surface area contributed by atoms with Gasteiger partial charge in [0.15, 0.2) is 0 Å². The molecule has 0 spiro atoms. The van der Waals surface area contributed by atoms with Crippen LogP contribution in [0.2, 0.25) is 0 Å². The molecule has 5 rings (SSSR count). The molecule has 0 radical (unpaired) electrons. The zero-order chi connectivity index (χ0) is 35.7. The molecule has 0 saturated heterocycles. The highest BCUT2D eigenvalue weighted by Crippen LogP contribution is 2.36. The van der Waals surface area contributed by atoms with E-state index in [9.17, 15) is 0 Å². The van der Waals surface area contributed by atoms with Crippen LogP contribution in [-0.4, -0.2) is 5.71 Å². The minimum atomic E-state index is 0.919. The summed E-state index contributed by atoms with van der Waals surface area (Å²) in [5.41, 5.74) is 15.3. The van der Waals surface area contributed by atoms with Gasteiger partial charge in [0, 0.05) is 5.71 Å². The first-order valence-corrected chi connectivity index (χ1v) is 19.8. The average Bonchev–Trinajstić information content (AvgIpc) is 3.18. The number of unbranched alkanes of at least 4 members (excludes halogenated alkanes) is 8. The predicted octanol–water partition coefficient (Wildman–Crippen LogP) is 15.3. The quantitative estimate of drug-likeness (QED) is 0.0611. The van der Waals surface area contributed by atoms with E-state index in [1.807, 2.05) is 0 Å². The number of aryl methyl sites for hydroxylation is 1. The Hall–Kier alpha value is -4.49. The third-order valence-electron chi connectivity index (χ3n) is 10.2. The van der Waals surface area contributed by atoms with E-state index in [2.05, 4.69) is 155 Å². The SMILES string of the molecule is CCCCCCCCc1c(CCCCCC)cc(N=C(C)C(=Cc2ccc(-c3ccccc3)c(-c3ccccc3)c2)CC)cc1-c1ccccc1. The van der Waals surface area contributed by atoms with E-state index < -0.39 is 0 Å². The van der Waals surface area contributed by atoms with Crippen molar-refractivity contribution < 1.29 is 0 Å². The van der Waals surface area contributed by atoms with Crippen molar-refractivity contribution in [2.24, 2.45) is 4.99 Å². The third kappa shape index (κ3) is 11.0. The Morgan fingerprint density at radius 3 is 1.65 bits per heavy atom. The standard InChI is InChI=1S/C50H59N/c1-5-8-10-12-13-24-32-47-45(31-17-11-9-6-2)37-46(38-50(47)44-29-22-16-23-30-44)51-39(4)41(7-3)35-40-33-34-48(42-25-18-14-19-26-42)49(36-40)43-27-20-15-21-28-43/h14-16,18-23,25-30,33-38H,5-13,17,24,31-32H2,1-4H3. The van der Waals surface area contributed by atoms with Crippen LogP contribution in [0, 0.1) is 0 Å². The number of rotatable bonds is 19. The number of benzene rings is 5. The van der Waals surface area contributed by atoms with Gasteiger partial charge in [-0.05, 0) is 119 Å². The maximum absolute atomic E-state index is 5.38. The first kappa shape index (κ1) is 37.8. The van der Waals surface area contributed by atoms with Crippen LogP contribution in [0.15, 0.2) is 132 Å². The van der Waals surface area contributed by atoms with Crippen LogP contribution in [0.3, 0.4) is 0 Å². The van der Waals surface area contributed by atoms with Crippen molar-refractivity contribution in [3.8, 4) is 33.4 Å². The van der Waals surface area contributed by atoms with Crippen molar-refractivity contribution in [3.63, 3.8) is 0 Å². The molecule has 1 heteroatoms. The monoisotopic (exact) mass is 673 g/mol. The van der Waals surface area contributed by atoms with Crippen LogP contribution >= 0.6 is 0 Å². The van der Waals surface area contributed by atoms with Crippen molar-refractivity contribution in [2.75, 3.05) is 0 Å². The lowest BCUT2D eigenvalue weighted by Crippen LogP contribution is -2.01. The van der Waals surface area contributed by atoms with E-state index in [0.717, 1.165) is 30.7 Å². The van der Waals surface area contributed by atoms with Crippen molar-refractivity contribution in [1.29, 1.82) is 0 Å². The van der Waals surface area contributed by atoms with Crippen LogP contribution in [0.25, 0.3) is 39.5 Å². The van der Waals surface area contributed by atoms with Crippen molar-refractivity contribution in [2.45, 2.75) is 111 Å². The van der Waals surface area contributed by atoms with Gasteiger partial charge in [0.2, 0.25) is 0 Å². The van der Waals surface area contributed by atoms with Gasteiger partial charge in [0.1, 0.15) is 0 Å². The van der Waals surface area contributed by atoms with E-state index in [1.165, 1.54) is 114 Å². The Balaban J connectivity index is 1.52. The highest BCUT2D eigenvalue weighted by atomic mass is 14.7. The number of allylic oxidation sites excluding steroid dienone is 1. The van der Waals surface area contributed by atoms with Crippen LogP contribution in [0.1, 0.15) is 115 Å². The molecule has 0 unspecified atom stereocenters. The zero-order valence-electron chi connectivity index (χ0n) is 31.8. The molecule has 1 nitrogen and oxygen atoms in total. The maximum atomic E-state index is 5.38. The number of aliphatic imine (C=N–C) groups is 1. The minimum Gasteiger partial charge on any atom is -0.253 e. The summed E-state index contributed by atoms with van der Waals surface area (Å²) in [7, 11) is 0. The molecule has 51 heavy (non-hydrogen) atoms. The summed E-state index contributed by atoms with van der Waals surface area (Å²) in [5, 5.41) is 0. The van der Waals surface area contributed by atoms with Gasteiger partial charge in [0.25, 0.3) is 0 Å². The van der Waals surface area contributed by atoms with Gasteiger partial charge in [-0.1, -0.05) is 175 Å². The zero-order valence-corrected chi connectivity index (χ0v) is 31.8. The first-order chi connectivity index (χ1) is 25.1. The van der Waals surface area contributed by atoms with Crippen molar-refractivity contribution in [1.82, 2.24) is 0 Å². The van der Waals surface area contributed by atoms with E-state index >= 15 is 0 Å². The van der Waals surface area contributed by atoms with Gasteiger partial charge in [0.05, 0.1) is 5.69 Å². The normalized spacial score (nSPS) is 12.0. The topological polar surface area (TPSA) is 12.4 Å². The molecule has 0 aliphatic carbocycles. The van der Waals surface area contributed by atoms with Crippen molar-refractivity contribution >= 4 is 17.5 Å². The summed E-state index contributed by atoms with van der Waals surface area (Å²) in [4.78, 5) is 5.38. The highest BCUT2D eigenvalue weighted by Gasteiger charge is 2.14. The smallest absolute Gasteiger partial charge is 0.0642 e. The van der Waals surface area contributed by atoms with Crippen LogP contribution in [0.4, 0.5) is 5.69 Å². The van der Waals surface area contributed by atoms with Gasteiger partial charge >= 0.3 is 0 Å². The molecule has 0 aliphatic heterocycles. The lowest BCUT2D eigenvalue weighted by molar-refractivity contribution is 0.605. The van der Waals surface area contributed by atoms with E-state index in [-0.39, 0.29) is 0 Å². The van der Waals surface area contributed by atoms with Crippen molar-refractivity contribution in [3.05, 3.63) is 144 Å². The summed E-state index contributed by atoms with van der Waals surface area (Å²) < 4.78 is 0. The number of hydrogen-bond acceptors (Lipinski definition) is 1. The Morgan fingerprint density at radius 1 is 0.510 bits per heavy atom. The molecule has 0 fully saturated rings. The molecule has 5 aromatic rings. The van der Waals surface area contributed by atoms with E-state index in [0.29, 0.717) is 0 Å². The predicted molar refractivity (Wildman–Crippen MR) is 225 cm³/mol. The molecule has 0 atom stereocenters. The van der Waals surface area contributed by atoms with Gasteiger partial charge in [-0.25, -0.2) is 0 Å². The average molecular weight is 674 g/mol.